The summed E-state index contributed by atoms with van der Waals surface area (Å²) in [6.07, 6.45) is 9.63. The van der Waals surface area contributed by atoms with Crippen LogP contribution in [0.2, 0.25) is 0 Å². The lowest BCUT2D eigenvalue weighted by Crippen LogP contribution is -2.47. The minimum atomic E-state index is 0.445. The maximum absolute atomic E-state index is 4.61. The Labute approximate surface area is 150 Å². The molecule has 0 spiro atoms. The van der Waals surface area contributed by atoms with Crippen LogP contribution < -0.4 is 5.32 Å². The first kappa shape index (κ1) is 15.3. The lowest BCUT2D eigenvalue weighted by atomic mass is 9.86. The van der Waals surface area contributed by atoms with Gasteiger partial charge in [-0.1, -0.05) is 0 Å². The van der Waals surface area contributed by atoms with Gasteiger partial charge < -0.3 is 10.2 Å². The van der Waals surface area contributed by atoms with Crippen LogP contribution in [0, 0.1) is 0 Å². The molecule has 1 N–H and O–H groups in total. The molecule has 1 saturated carbocycles. The van der Waals surface area contributed by atoms with E-state index in [1.54, 1.807) is 10.7 Å². The number of hydrogen-bond acceptors (Lipinski definition) is 6. The molecule has 132 valence electrons. The maximum Gasteiger partial charge on any atom is 0.241 e. The topological polar surface area (TPSA) is 75.6 Å². The molecule has 0 radical (unpaired) electrons. The van der Waals surface area contributed by atoms with Gasteiger partial charge in [0.1, 0.15) is 0 Å². The molecule has 0 aliphatic heterocycles. The van der Waals surface area contributed by atoms with Crippen molar-refractivity contribution in [2.75, 3.05) is 19.4 Å². The highest BCUT2D eigenvalue weighted by atomic mass is 15.3. The molecule has 0 atom stereocenters. The highest BCUT2D eigenvalue weighted by Crippen LogP contribution is 2.27. The van der Waals surface area contributed by atoms with Crippen molar-refractivity contribution in [1.29, 1.82) is 0 Å². The third-order valence-corrected chi connectivity index (χ3v) is 5.12. The fraction of sp³-hybridized carbons (Fsp3) is 0.333. The predicted octanol–water partition coefficient (Wildman–Crippen LogP) is 1.94. The smallest absolute Gasteiger partial charge is 0.241 e. The van der Waals surface area contributed by atoms with Gasteiger partial charge in [-0.05, 0) is 45.1 Å². The Morgan fingerprint density at radius 1 is 1.04 bits per heavy atom. The molecule has 1 aliphatic rings. The zero-order chi connectivity index (χ0) is 17.7. The van der Waals surface area contributed by atoms with Crippen molar-refractivity contribution >= 4 is 17.1 Å². The zero-order valence-electron chi connectivity index (χ0n) is 14.7. The molecule has 0 aromatic carbocycles. The molecule has 8 nitrogen and oxygen atoms in total. The van der Waals surface area contributed by atoms with Crippen molar-refractivity contribution in [1.82, 2.24) is 34.1 Å². The first-order valence-corrected chi connectivity index (χ1v) is 8.75. The molecule has 4 aromatic rings. The van der Waals surface area contributed by atoms with Gasteiger partial charge in [0.2, 0.25) is 5.95 Å². The summed E-state index contributed by atoms with van der Waals surface area (Å²) in [4.78, 5) is 11.0. The Morgan fingerprint density at radius 3 is 2.77 bits per heavy atom. The first-order valence-electron chi connectivity index (χ1n) is 8.75. The fourth-order valence-corrected chi connectivity index (χ4v) is 3.45. The van der Waals surface area contributed by atoms with Crippen LogP contribution in [0.5, 0.6) is 0 Å². The molecule has 0 amide bonds. The number of nitrogens with zero attached hydrogens (tertiary/aromatic N) is 7. The SMILES string of the molecule is CN(C)[C@H]1C[C@@H](Nc2ncc3c(-c4ccc5nccn5n4)ccn3n2)C1. The first-order chi connectivity index (χ1) is 12.7. The summed E-state index contributed by atoms with van der Waals surface area (Å²) in [6, 6.07) is 7.04. The van der Waals surface area contributed by atoms with E-state index < -0.39 is 0 Å². The van der Waals surface area contributed by atoms with Gasteiger partial charge in [0, 0.05) is 36.2 Å². The number of imidazole rings is 1. The monoisotopic (exact) mass is 348 g/mol. The van der Waals surface area contributed by atoms with Gasteiger partial charge in [-0.2, -0.15) is 5.10 Å². The molecule has 1 fully saturated rings. The summed E-state index contributed by atoms with van der Waals surface area (Å²) < 4.78 is 3.62. The molecular formula is C18H20N8. The average molecular weight is 348 g/mol. The Morgan fingerprint density at radius 2 is 1.92 bits per heavy atom. The largest absolute Gasteiger partial charge is 0.350 e. The summed E-state index contributed by atoms with van der Waals surface area (Å²) >= 11 is 0. The quantitative estimate of drug-likeness (QED) is 0.607. The van der Waals surface area contributed by atoms with E-state index in [4.69, 9.17) is 0 Å². The molecule has 8 heteroatoms. The molecule has 26 heavy (non-hydrogen) atoms. The van der Waals surface area contributed by atoms with Crippen LogP contribution in [0.1, 0.15) is 12.8 Å². The van der Waals surface area contributed by atoms with Crippen LogP contribution in [0.15, 0.2) is 43.0 Å². The van der Waals surface area contributed by atoms with Crippen LogP contribution in [0.4, 0.5) is 5.95 Å². The number of aromatic nitrogens is 6. The second kappa shape index (κ2) is 5.77. The van der Waals surface area contributed by atoms with Gasteiger partial charge >= 0.3 is 0 Å². The highest BCUT2D eigenvalue weighted by Gasteiger charge is 2.30. The molecule has 4 heterocycles. The summed E-state index contributed by atoms with van der Waals surface area (Å²) in [6.45, 7) is 0. The van der Waals surface area contributed by atoms with Gasteiger partial charge in [0.15, 0.2) is 5.65 Å². The maximum atomic E-state index is 4.61. The van der Waals surface area contributed by atoms with Gasteiger partial charge in [-0.25, -0.2) is 19.0 Å². The Balaban J connectivity index is 1.41. The number of nitrogens with one attached hydrogen (secondary N) is 1. The van der Waals surface area contributed by atoms with Crippen molar-refractivity contribution in [3.63, 3.8) is 0 Å². The van der Waals surface area contributed by atoms with Crippen LogP contribution in [0.25, 0.3) is 22.4 Å². The van der Waals surface area contributed by atoms with Crippen LogP contribution in [-0.4, -0.2) is 60.3 Å². The van der Waals surface area contributed by atoms with E-state index in [2.05, 4.69) is 44.5 Å². The molecule has 0 saturated heterocycles. The van der Waals surface area contributed by atoms with E-state index >= 15 is 0 Å². The third-order valence-electron chi connectivity index (χ3n) is 5.12. The zero-order valence-corrected chi connectivity index (χ0v) is 14.7. The molecule has 1 aliphatic carbocycles. The second-order valence-corrected chi connectivity index (χ2v) is 7.02. The number of hydrogen-bond donors (Lipinski definition) is 1. The van der Waals surface area contributed by atoms with E-state index in [9.17, 15) is 0 Å². The second-order valence-electron chi connectivity index (χ2n) is 7.02. The average Bonchev–Trinajstić information content (AvgIpc) is 3.22. The normalized spacial score (nSPS) is 20.0. The van der Waals surface area contributed by atoms with Crippen molar-refractivity contribution < 1.29 is 0 Å². The van der Waals surface area contributed by atoms with Crippen LogP contribution in [-0.2, 0) is 0 Å². The predicted molar refractivity (Wildman–Crippen MR) is 99.1 cm³/mol. The van der Waals surface area contributed by atoms with Crippen molar-refractivity contribution in [2.45, 2.75) is 24.9 Å². The molecule has 5 rings (SSSR count). The Bertz CT molecular complexity index is 1070. The van der Waals surface area contributed by atoms with E-state index in [-0.39, 0.29) is 0 Å². The number of rotatable bonds is 4. The summed E-state index contributed by atoms with van der Waals surface area (Å²) in [5, 5.41) is 12.6. The van der Waals surface area contributed by atoms with Crippen molar-refractivity contribution in [3.05, 3.63) is 43.0 Å². The van der Waals surface area contributed by atoms with E-state index in [0.717, 1.165) is 35.3 Å². The minimum absolute atomic E-state index is 0.445. The number of fused-ring (bicyclic) bond motifs is 2. The molecule has 0 bridgehead atoms. The Kier molecular flexibility index (Phi) is 3.39. The van der Waals surface area contributed by atoms with E-state index in [1.165, 1.54) is 0 Å². The molecular weight excluding hydrogens is 328 g/mol. The van der Waals surface area contributed by atoms with E-state index in [0.29, 0.717) is 18.0 Å². The standard InChI is InChI=1S/C18H20N8/c1-24(2)13-9-12(10-13)21-18-20-11-16-14(5-7-25(16)23-18)15-3-4-17-19-6-8-26(17)22-15/h3-8,11-13H,9-10H2,1-2H3,(H,21,23)/t12-,13+. The Hall–Kier alpha value is -3.00. The lowest BCUT2D eigenvalue weighted by Gasteiger charge is -2.39. The van der Waals surface area contributed by atoms with Gasteiger partial charge in [-0.3, -0.25) is 0 Å². The van der Waals surface area contributed by atoms with Crippen molar-refractivity contribution in [3.8, 4) is 11.3 Å². The van der Waals surface area contributed by atoms with Crippen LogP contribution >= 0.6 is 0 Å². The van der Waals surface area contributed by atoms with Gasteiger partial charge in [-0.15, -0.1) is 5.10 Å². The summed E-state index contributed by atoms with van der Waals surface area (Å²) in [7, 11) is 4.25. The summed E-state index contributed by atoms with van der Waals surface area (Å²) in [5.41, 5.74) is 3.64. The minimum Gasteiger partial charge on any atom is -0.350 e. The lowest BCUT2D eigenvalue weighted by molar-refractivity contribution is 0.177. The molecule has 0 unspecified atom stereocenters. The summed E-state index contributed by atoms with van der Waals surface area (Å²) in [5.74, 6) is 0.667. The van der Waals surface area contributed by atoms with Gasteiger partial charge in [0.25, 0.3) is 0 Å². The molecule has 4 aromatic heterocycles. The highest BCUT2D eigenvalue weighted by molar-refractivity contribution is 5.78. The van der Waals surface area contributed by atoms with Crippen LogP contribution in [0.3, 0.4) is 0 Å². The van der Waals surface area contributed by atoms with Gasteiger partial charge in [0.05, 0.1) is 17.4 Å². The fourth-order valence-electron chi connectivity index (χ4n) is 3.45. The third kappa shape index (κ3) is 2.50. The number of anilines is 1. The van der Waals surface area contributed by atoms with Crippen molar-refractivity contribution in [2.24, 2.45) is 0 Å². The van der Waals surface area contributed by atoms with E-state index in [1.807, 2.05) is 41.3 Å².